The van der Waals surface area contributed by atoms with Crippen LogP contribution in [0.25, 0.3) is 0 Å². The number of hydrogen-bond donors (Lipinski definition) is 1. The van der Waals surface area contributed by atoms with Gasteiger partial charge in [-0.25, -0.2) is 23.3 Å². The number of carbonyl (C=O) groups excluding carboxylic acids is 3. The van der Waals surface area contributed by atoms with Crippen molar-refractivity contribution in [2.45, 2.75) is 110 Å². The molecule has 1 N–H and O–H groups in total. The molecule has 0 bridgehead atoms. The van der Waals surface area contributed by atoms with Gasteiger partial charge in [0, 0.05) is 17.4 Å². The first kappa shape index (κ1) is 42.0. The zero-order valence-electron chi connectivity index (χ0n) is 30.8. The van der Waals surface area contributed by atoms with Crippen LogP contribution in [-0.4, -0.2) is 69.6 Å². The van der Waals surface area contributed by atoms with Gasteiger partial charge in [-0.2, -0.15) is 15.0 Å². The van der Waals surface area contributed by atoms with Crippen LogP contribution >= 0.6 is 19.5 Å². The molecule has 14 nitrogen and oxygen atoms in total. The quantitative estimate of drug-likeness (QED) is 0.123. The van der Waals surface area contributed by atoms with Crippen molar-refractivity contribution in [3.8, 4) is 5.75 Å². The number of alkyl halides is 1. The molecule has 1 aromatic heterocycles. The molecule has 3 rings (SSSR count). The van der Waals surface area contributed by atoms with E-state index in [1.54, 1.807) is 85.7 Å². The maximum absolute atomic E-state index is 15.9. The van der Waals surface area contributed by atoms with Crippen molar-refractivity contribution in [2.24, 2.45) is 11.8 Å². The van der Waals surface area contributed by atoms with Gasteiger partial charge in [0.25, 0.3) is 0 Å². The SMILES string of the molecule is CCOC(=O)[C@H](CC(C)C)NP(=O)(OC[C@H]1S[C@@H](n2ccc(N(C(=O)OC(C)(C)C)C(=O)OC(C)(C)C)nc2=O)[C@@H](F)[C@@H]1C)Oc1ccccc1. The lowest BCUT2D eigenvalue weighted by atomic mass is 10.0. The highest BCUT2D eigenvalue weighted by atomic mass is 32.2. The fraction of sp³-hybridized carbons (Fsp3) is 0.618. The number of esters is 1. The molecule has 0 radical (unpaired) electrons. The van der Waals surface area contributed by atoms with E-state index in [1.165, 1.54) is 12.3 Å². The van der Waals surface area contributed by atoms with Crippen LogP contribution in [0.1, 0.15) is 81.0 Å². The van der Waals surface area contributed by atoms with Crippen LogP contribution in [0.15, 0.2) is 47.4 Å². The lowest BCUT2D eigenvalue weighted by Gasteiger charge is -2.28. The van der Waals surface area contributed by atoms with Crippen molar-refractivity contribution in [1.82, 2.24) is 14.6 Å². The molecule has 1 saturated heterocycles. The van der Waals surface area contributed by atoms with Crippen molar-refractivity contribution in [3.05, 3.63) is 53.1 Å². The summed E-state index contributed by atoms with van der Waals surface area (Å²) >= 11 is 1.06. The van der Waals surface area contributed by atoms with Crippen molar-refractivity contribution in [3.63, 3.8) is 0 Å². The van der Waals surface area contributed by atoms with E-state index in [-0.39, 0.29) is 37.1 Å². The zero-order chi connectivity index (χ0) is 38.3. The molecule has 17 heteroatoms. The third-order valence-corrected chi connectivity index (χ3v) is 10.4. The molecule has 51 heavy (non-hydrogen) atoms. The third-order valence-electron chi connectivity index (χ3n) is 7.12. The molecule has 1 aliphatic rings. The molecular formula is C34H50FN4O10PS. The molecule has 1 fully saturated rings. The van der Waals surface area contributed by atoms with Gasteiger partial charge in [-0.05, 0) is 79.0 Å². The average Bonchev–Trinajstić information content (AvgIpc) is 3.27. The predicted octanol–water partition coefficient (Wildman–Crippen LogP) is 7.28. The summed E-state index contributed by atoms with van der Waals surface area (Å²) in [6, 6.07) is 8.47. The summed E-state index contributed by atoms with van der Waals surface area (Å²) in [6.07, 6.45) is -2.30. The lowest BCUT2D eigenvalue weighted by Crippen LogP contribution is -2.45. The van der Waals surface area contributed by atoms with Crippen LogP contribution in [0.2, 0.25) is 0 Å². The van der Waals surface area contributed by atoms with Crippen molar-refractivity contribution >= 4 is 43.5 Å². The van der Waals surface area contributed by atoms with Gasteiger partial charge in [0.05, 0.1) is 13.2 Å². The van der Waals surface area contributed by atoms with Gasteiger partial charge in [0.2, 0.25) is 0 Å². The zero-order valence-corrected chi connectivity index (χ0v) is 32.5. The largest absolute Gasteiger partial charge is 0.465 e. The summed E-state index contributed by atoms with van der Waals surface area (Å²) < 4.78 is 58.8. The third kappa shape index (κ3) is 12.3. The molecule has 0 saturated carbocycles. The number of thioether (sulfide) groups is 1. The van der Waals surface area contributed by atoms with Crippen LogP contribution in [-0.2, 0) is 28.1 Å². The summed E-state index contributed by atoms with van der Waals surface area (Å²) in [5.41, 5.74) is -2.91. The van der Waals surface area contributed by atoms with E-state index in [2.05, 4.69) is 10.1 Å². The molecular weight excluding hydrogens is 706 g/mol. The van der Waals surface area contributed by atoms with Crippen LogP contribution in [0, 0.1) is 11.8 Å². The number of halogens is 1. The Morgan fingerprint density at radius 3 is 2.14 bits per heavy atom. The standard InChI is InChI=1S/C34H50FN4O10PS/c1-11-45-29(40)24(19-21(2)3)37-50(44,49-23-15-13-12-14-16-23)46-20-25-22(4)27(35)28(51-25)38-18-17-26(36-30(38)41)39(31(42)47-33(5,6)7)32(43)48-34(8,9)10/h12-18,21-22,24-25,27-28H,11,19-20H2,1-10H3,(H,37,44)/t22-,24+,25-,27+,28-,50?/m1/s1. The second kappa shape index (κ2) is 17.4. The maximum atomic E-state index is 15.9. The van der Waals surface area contributed by atoms with Gasteiger partial charge in [0.1, 0.15) is 34.5 Å². The number of imide groups is 1. The molecule has 1 unspecified atom stereocenters. The van der Waals surface area contributed by atoms with E-state index in [1.807, 2.05) is 13.8 Å². The lowest BCUT2D eigenvalue weighted by molar-refractivity contribution is -0.145. The molecule has 0 spiro atoms. The second-order valence-corrected chi connectivity index (χ2v) is 17.5. The summed E-state index contributed by atoms with van der Waals surface area (Å²) in [7, 11) is -4.26. The van der Waals surface area contributed by atoms with E-state index in [0.29, 0.717) is 4.90 Å². The monoisotopic (exact) mass is 756 g/mol. The highest BCUT2D eigenvalue weighted by Crippen LogP contribution is 2.51. The van der Waals surface area contributed by atoms with E-state index >= 15 is 4.39 Å². The number of carbonyl (C=O) groups is 3. The van der Waals surface area contributed by atoms with Crippen LogP contribution < -0.4 is 20.2 Å². The summed E-state index contributed by atoms with van der Waals surface area (Å²) in [5, 5.41) is 1.03. The second-order valence-electron chi connectivity index (χ2n) is 14.4. The van der Waals surface area contributed by atoms with Gasteiger partial charge < -0.3 is 18.7 Å². The minimum absolute atomic E-state index is 0.0224. The minimum Gasteiger partial charge on any atom is -0.465 e. The Morgan fingerprint density at radius 2 is 1.63 bits per heavy atom. The first-order chi connectivity index (χ1) is 23.6. The molecule has 284 valence electrons. The summed E-state index contributed by atoms with van der Waals surface area (Å²) in [5.74, 6) is -1.44. The molecule has 6 atom stereocenters. The normalized spacial score (nSPS) is 21.0. The van der Waals surface area contributed by atoms with Crippen LogP contribution in [0.4, 0.5) is 19.8 Å². The molecule has 2 aromatic rings. The summed E-state index contributed by atoms with van der Waals surface area (Å²) in [4.78, 5) is 56.7. The number of hydrogen-bond acceptors (Lipinski definition) is 12. The van der Waals surface area contributed by atoms with Gasteiger partial charge in [-0.1, -0.05) is 39.0 Å². The summed E-state index contributed by atoms with van der Waals surface area (Å²) in [6.45, 7) is 16.6. The first-order valence-electron chi connectivity index (χ1n) is 16.7. The molecule has 1 aromatic carbocycles. The van der Waals surface area contributed by atoms with Crippen molar-refractivity contribution < 1.29 is 46.6 Å². The molecule has 1 aliphatic heterocycles. The Hall–Kier alpha value is -3.46. The Morgan fingerprint density at radius 1 is 1.04 bits per heavy atom. The number of para-hydroxylation sites is 1. The smallest absolute Gasteiger partial charge is 0.459 e. The minimum atomic E-state index is -4.26. The number of nitrogens with zero attached hydrogens (tertiary/aromatic N) is 3. The molecule has 2 heterocycles. The Balaban J connectivity index is 1.87. The Labute approximate surface area is 302 Å². The number of nitrogens with one attached hydrogen (secondary N) is 1. The molecule has 0 aliphatic carbocycles. The topological polar surface area (TPSA) is 165 Å². The number of benzene rings is 1. The number of aromatic nitrogens is 2. The van der Waals surface area contributed by atoms with E-state index in [4.69, 9.17) is 23.3 Å². The van der Waals surface area contributed by atoms with Crippen molar-refractivity contribution in [1.29, 1.82) is 0 Å². The van der Waals surface area contributed by atoms with Gasteiger partial charge in [-0.15, -0.1) is 11.8 Å². The van der Waals surface area contributed by atoms with Gasteiger partial charge in [0.15, 0.2) is 5.82 Å². The number of ether oxygens (including phenoxy) is 3. The molecule has 2 amide bonds. The average molecular weight is 757 g/mol. The van der Waals surface area contributed by atoms with E-state index < -0.39 is 71.5 Å². The van der Waals surface area contributed by atoms with Crippen molar-refractivity contribution in [2.75, 3.05) is 18.1 Å². The fourth-order valence-electron chi connectivity index (χ4n) is 4.84. The highest BCUT2D eigenvalue weighted by molar-refractivity contribution is 8.00. The number of rotatable bonds is 13. The fourth-order valence-corrected chi connectivity index (χ4v) is 8.06. The van der Waals surface area contributed by atoms with Gasteiger partial charge >= 0.3 is 31.6 Å². The first-order valence-corrected chi connectivity index (χ1v) is 19.2. The maximum Gasteiger partial charge on any atom is 0.459 e. The Kier molecular flexibility index (Phi) is 14.3. The van der Waals surface area contributed by atoms with E-state index in [0.717, 1.165) is 16.3 Å². The van der Waals surface area contributed by atoms with Crippen LogP contribution in [0.3, 0.4) is 0 Å². The van der Waals surface area contributed by atoms with Gasteiger partial charge in [-0.3, -0.25) is 13.9 Å². The highest BCUT2D eigenvalue weighted by Gasteiger charge is 2.46. The van der Waals surface area contributed by atoms with E-state index in [9.17, 15) is 23.7 Å². The number of amides is 2. The van der Waals surface area contributed by atoms with Crippen LogP contribution in [0.5, 0.6) is 5.75 Å². The number of anilines is 1. The Bertz CT molecular complexity index is 1590. The predicted molar refractivity (Wildman–Crippen MR) is 192 cm³/mol.